The van der Waals surface area contributed by atoms with E-state index in [0.717, 1.165) is 5.75 Å². The molecule has 1 aromatic heterocycles. The van der Waals surface area contributed by atoms with Gasteiger partial charge in [0.2, 0.25) is 5.91 Å². The molecule has 0 spiro atoms. The first-order valence-electron chi connectivity index (χ1n) is 8.21. The van der Waals surface area contributed by atoms with Gasteiger partial charge in [-0.2, -0.15) is 0 Å². The normalized spacial score (nSPS) is 29.5. The lowest BCUT2D eigenvalue weighted by atomic mass is 9.85. The Hall–Kier alpha value is -1.62. The van der Waals surface area contributed by atoms with Crippen molar-refractivity contribution in [1.82, 2.24) is 10.3 Å². The molecule has 120 valence electrons. The summed E-state index contributed by atoms with van der Waals surface area (Å²) in [4.78, 5) is 16.1. The van der Waals surface area contributed by atoms with Gasteiger partial charge in [-0.05, 0) is 49.7 Å². The smallest absolute Gasteiger partial charge is 0.220 e. The van der Waals surface area contributed by atoms with Crippen molar-refractivity contribution in [1.29, 1.82) is 0 Å². The molecule has 2 aliphatic rings. The zero-order valence-corrected chi connectivity index (χ0v) is 12.8. The lowest BCUT2D eigenvalue weighted by molar-refractivity contribution is -0.122. The van der Waals surface area contributed by atoms with Crippen molar-refractivity contribution < 1.29 is 14.6 Å². The Bertz CT molecular complexity index is 494. The van der Waals surface area contributed by atoms with Crippen molar-refractivity contribution >= 4 is 5.91 Å². The van der Waals surface area contributed by atoms with Gasteiger partial charge in [-0.25, -0.2) is 0 Å². The van der Waals surface area contributed by atoms with E-state index in [-0.39, 0.29) is 24.5 Å². The van der Waals surface area contributed by atoms with Crippen molar-refractivity contribution in [2.24, 2.45) is 17.8 Å². The quantitative estimate of drug-likeness (QED) is 0.753. The summed E-state index contributed by atoms with van der Waals surface area (Å²) >= 11 is 0. The van der Waals surface area contributed by atoms with Gasteiger partial charge in [0.05, 0.1) is 12.8 Å². The molecule has 5 nitrogen and oxygen atoms in total. The summed E-state index contributed by atoms with van der Waals surface area (Å²) in [5, 5.41) is 12.7. The first-order valence-corrected chi connectivity index (χ1v) is 8.21. The number of ether oxygens (including phenoxy) is 1. The summed E-state index contributed by atoms with van der Waals surface area (Å²) in [6.07, 6.45) is 8.09. The fraction of sp³-hybridized carbons (Fsp3) is 0.647. The van der Waals surface area contributed by atoms with E-state index in [9.17, 15) is 9.90 Å². The monoisotopic (exact) mass is 304 g/mol. The molecule has 1 heterocycles. The van der Waals surface area contributed by atoms with Crippen molar-refractivity contribution in [3.63, 3.8) is 0 Å². The standard InChI is InChI=1S/C17H24N2O3/c20-11-15-12-5-6-13(9-12)17(15)19-16(21)4-2-8-22-14-3-1-7-18-10-14/h1,3,7,10,12-13,15,17,20H,2,4-6,8-9,11H2,(H,19,21). The number of carbonyl (C=O) groups excluding carboxylic acids is 1. The molecule has 2 N–H and O–H groups in total. The van der Waals surface area contributed by atoms with Gasteiger partial charge in [0.1, 0.15) is 5.75 Å². The van der Waals surface area contributed by atoms with Crippen LogP contribution in [0.5, 0.6) is 5.75 Å². The summed E-state index contributed by atoms with van der Waals surface area (Å²) in [5.41, 5.74) is 0. The number of fused-ring (bicyclic) bond motifs is 2. The van der Waals surface area contributed by atoms with E-state index >= 15 is 0 Å². The minimum atomic E-state index is 0.0748. The van der Waals surface area contributed by atoms with Crippen LogP contribution in [0.15, 0.2) is 24.5 Å². The number of nitrogens with one attached hydrogen (secondary N) is 1. The van der Waals surface area contributed by atoms with E-state index in [1.165, 1.54) is 19.3 Å². The number of carbonyl (C=O) groups is 1. The highest BCUT2D eigenvalue weighted by Crippen LogP contribution is 2.48. The van der Waals surface area contributed by atoms with E-state index in [0.29, 0.717) is 31.3 Å². The van der Waals surface area contributed by atoms with E-state index in [1.807, 2.05) is 12.1 Å². The third kappa shape index (κ3) is 3.40. The van der Waals surface area contributed by atoms with Crippen molar-refractivity contribution in [2.75, 3.05) is 13.2 Å². The minimum absolute atomic E-state index is 0.0748. The Morgan fingerprint density at radius 1 is 1.41 bits per heavy atom. The van der Waals surface area contributed by atoms with Crippen molar-refractivity contribution in [3.8, 4) is 5.75 Å². The van der Waals surface area contributed by atoms with Crippen LogP contribution >= 0.6 is 0 Å². The highest BCUT2D eigenvalue weighted by Gasteiger charge is 2.47. The van der Waals surface area contributed by atoms with Crippen LogP contribution in [-0.2, 0) is 4.79 Å². The average Bonchev–Trinajstić information content (AvgIpc) is 3.14. The fourth-order valence-corrected chi connectivity index (χ4v) is 4.01. The lowest BCUT2D eigenvalue weighted by Gasteiger charge is -2.30. The molecule has 4 atom stereocenters. The fourth-order valence-electron chi connectivity index (χ4n) is 4.01. The molecular weight excluding hydrogens is 280 g/mol. The average molecular weight is 304 g/mol. The van der Waals surface area contributed by atoms with Crippen LogP contribution in [0.25, 0.3) is 0 Å². The predicted octanol–water partition coefficient (Wildman–Crippen LogP) is 1.76. The second-order valence-electron chi connectivity index (χ2n) is 6.41. The maximum Gasteiger partial charge on any atom is 0.220 e. The first-order chi connectivity index (χ1) is 10.8. The Kier molecular flexibility index (Phi) is 4.93. The van der Waals surface area contributed by atoms with Gasteiger partial charge in [0.15, 0.2) is 0 Å². The van der Waals surface area contributed by atoms with Crippen LogP contribution in [0.2, 0.25) is 0 Å². The van der Waals surface area contributed by atoms with Crippen LogP contribution in [0.1, 0.15) is 32.1 Å². The number of nitrogens with zero attached hydrogens (tertiary/aromatic N) is 1. The summed E-state index contributed by atoms with van der Waals surface area (Å²) in [7, 11) is 0. The van der Waals surface area contributed by atoms with Crippen LogP contribution in [0, 0.1) is 17.8 Å². The van der Waals surface area contributed by atoms with Crippen molar-refractivity contribution in [2.45, 2.75) is 38.1 Å². The van der Waals surface area contributed by atoms with E-state index in [1.54, 1.807) is 12.4 Å². The van der Waals surface area contributed by atoms with E-state index < -0.39 is 0 Å². The molecule has 2 bridgehead atoms. The molecule has 3 rings (SSSR count). The number of pyridine rings is 1. The van der Waals surface area contributed by atoms with E-state index in [2.05, 4.69) is 10.3 Å². The highest BCUT2D eigenvalue weighted by atomic mass is 16.5. The van der Waals surface area contributed by atoms with Gasteiger partial charge in [0, 0.05) is 31.2 Å². The first kappa shape index (κ1) is 15.3. The number of hydrogen-bond acceptors (Lipinski definition) is 4. The molecular formula is C17H24N2O3. The summed E-state index contributed by atoms with van der Waals surface area (Å²) in [6.45, 7) is 0.704. The predicted molar refractivity (Wildman–Crippen MR) is 82.3 cm³/mol. The molecule has 0 aromatic carbocycles. The maximum absolute atomic E-state index is 12.1. The third-order valence-electron chi connectivity index (χ3n) is 5.08. The largest absolute Gasteiger partial charge is 0.492 e. The van der Waals surface area contributed by atoms with Crippen LogP contribution in [0.4, 0.5) is 0 Å². The Morgan fingerprint density at radius 2 is 2.27 bits per heavy atom. The maximum atomic E-state index is 12.1. The van der Waals surface area contributed by atoms with E-state index in [4.69, 9.17) is 4.74 Å². The molecule has 2 saturated carbocycles. The Balaban J connectivity index is 1.38. The molecule has 22 heavy (non-hydrogen) atoms. The molecule has 1 aromatic rings. The van der Waals surface area contributed by atoms with Gasteiger partial charge in [-0.15, -0.1) is 0 Å². The van der Waals surface area contributed by atoms with Crippen LogP contribution in [0.3, 0.4) is 0 Å². The number of aromatic nitrogens is 1. The number of amides is 1. The molecule has 0 aliphatic heterocycles. The lowest BCUT2D eigenvalue weighted by Crippen LogP contribution is -2.45. The number of rotatable bonds is 7. The molecule has 2 fully saturated rings. The molecule has 4 unspecified atom stereocenters. The SMILES string of the molecule is O=C(CCCOc1cccnc1)NC1C2CCC(C2)C1CO. The number of hydrogen-bond donors (Lipinski definition) is 2. The van der Waals surface area contributed by atoms with Crippen LogP contribution < -0.4 is 10.1 Å². The Labute approximate surface area is 131 Å². The summed E-state index contributed by atoms with van der Waals surface area (Å²) in [5.74, 6) is 2.24. The minimum Gasteiger partial charge on any atom is -0.492 e. The van der Waals surface area contributed by atoms with Gasteiger partial charge in [-0.3, -0.25) is 9.78 Å². The summed E-state index contributed by atoms with van der Waals surface area (Å²) in [6, 6.07) is 3.86. The molecule has 0 radical (unpaired) electrons. The van der Waals surface area contributed by atoms with Crippen LogP contribution in [-0.4, -0.2) is 35.3 Å². The zero-order valence-electron chi connectivity index (χ0n) is 12.8. The molecule has 5 heteroatoms. The number of aliphatic hydroxyl groups is 1. The Morgan fingerprint density at radius 3 is 3.05 bits per heavy atom. The second kappa shape index (κ2) is 7.09. The second-order valence-corrected chi connectivity index (χ2v) is 6.41. The van der Waals surface area contributed by atoms with Gasteiger partial charge < -0.3 is 15.2 Å². The molecule has 2 aliphatic carbocycles. The topological polar surface area (TPSA) is 71.5 Å². The van der Waals surface area contributed by atoms with Gasteiger partial charge in [0.25, 0.3) is 0 Å². The van der Waals surface area contributed by atoms with Crippen molar-refractivity contribution in [3.05, 3.63) is 24.5 Å². The molecule has 1 amide bonds. The molecule has 0 saturated heterocycles. The zero-order chi connectivity index (χ0) is 15.4. The van der Waals surface area contributed by atoms with Gasteiger partial charge >= 0.3 is 0 Å². The number of aliphatic hydroxyl groups excluding tert-OH is 1. The van der Waals surface area contributed by atoms with Gasteiger partial charge in [-0.1, -0.05) is 0 Å². The third-order valence-corrected chi connectivity index (χ3v) is 5.08. The highest BCUT2D eigenvalue weighted by molar-refractivity contribution is 5.76. The summed E-state index contributed by atoms with van der Waals surface area (Å²) < 4.78 is 5.54.